The summed E-state index contributed by atoms with van der Waals surface area (Å²) in [6.45, 7) is 1.09. The molecule has 1 saturated heterocycles. The van der Waals surface area contributed by atoms with E-state index in [4.69, 9.17) is 16.0 Å². The molecule has 0 N–H and O–H groups in total. The number of anilines is 1. The van der Waals surface area contributed by atoms with Crippen LogP contribution in [0.1, 0.15) is 25.7 Å². The van der Waals surface area contributed by atoms with Gasteiger partial charge in [-0.05, 0) is 37.8 Å². The van der Waals surface area contributed by atoms with E-state index in [1.54, 1.807) is 6.26 Å². The second-order valence-corrected chi connectivity index (χ2v) is 5.17. The van der Waals surface area contributed by atoms with Crippen LogP contribution in [0.5, 0.6) is 0 Å². The van der Waals surface area contributed by atoms with Gasteiger partial charge < -0.3 is 9.32 Å². The van der Waals surface area contributed by atoms with Crippen molar-refractivity contribution in [1.29, 1.82) is 0 Å². The average molecular weight is 265 g/mol. The van der Waals surface area contributed by atoms with Gasteiger partial charge in [-0.3, -0.25) is 0 Å². The van der Waals surface area contributed by atoms with E-state index in [9.17, 15) is 0 Å². The summed E-state index contributed by atoms with van der Waals surface area (Å²) in [4.78, 5) is 6.97. The molecule has 1 unspecified atom stereocenters. The van der Waals surface area contributed by atoms with Crippen LogP contribution in [0.15, 0.2) is 29.0 Å². The van der Waals surface area contributed by atoms with Crippen LogP contribution in [0.25, 0.3) is 11.0 Å². The van der Waals surface area contributed by atoms with Crippen LogP contribution >= 0.6 is 11.6 Å². The highest BCUT2D eigenvalue weighted by molar-refractivity contribution is 6.17. The van der Waals surface area contributed by atoms with Crippen molar-refractivity contribution >= 4 is 28.4 Å². The van der Waals surface area contributed by atoms with E-state index >= 15 is 0 Å². The number of hydrogen-bond acceptors (Lipinski definition) is 3. The number of aromatic nitrogens is 1. The normalized spacial score (nSPS) is 19.8. The lowest BCUT2D eigenvalue weighted by atomic mass is 10.1. The van der Waals surface area contributed by atoms with Gasteiger partial charge >= 0.3 is 0 Å². The average Bonchev–Trinajstić information content (AvgIpc) is 3.04. The molecule has 0 aliphatic carbocycles. The van der Waals surface area contributed by atoms with Gasteiger partial charge in [-0.2, -0.15) is 0 Å². The summed E-state index contributed by atoms with van der Waals surface area (Å²) in [5.41, 5.74) is 0.919. The second-order valence-electron chi connectivity index (χ2n) is 4.79. The highest BCUT2D eigenvalue weighted by Crippen LogP contribution is 2.32. The van der Waals surface area contributed by atoms with Crippen molar-refractivity contribution in [3.8, 4) is 0 Å². The molecular weight excluding hydrogens is 248 g/mol. The number of halogens is 1. The summed E-state index contributed by atoms with van der Waals surface area (Å²) in [5, 5.41) is 1.12. The third-order valence-corrected chi connectivity index (χ3v) is 3.95. The highest BCUT2D eigenvalue weighted by atomic mass is 35.5. The molecule has 0 radical (unpaired) electrons. The minimum atomic E-state index is 0.580. The van der Waals surface area contributed by atoms with Crippen molar-refractivity contribution in [2.45, 2.75) is 31.7 Å². The molecule has 0 saturated carbocycles. The highest BCUT2D eigenvalue weighted by Gasteiger charge is 2.26. The molecule has 2 aromatic heterocycles. The van der Waals surface area contributed by atoms with Gasteiger partial charge in [0.1, 0.15) is 11.4 Å². The number of hydrogen-bond donors (Lipinski definition) is 0. The number of alkyl halides is 1. The Morgan fingerprint density at radius 3 is 3.28 bits per heavy atom. The smallest absolute Gasteiger partial charge is 0.139 e. The van der Waals surface area contributed by atoms with Crippen LogP contribution in [-0.2, 0) is 0 Å². The van der Waals surface area contributed by atoms with Gasteiger partial charge in [0.2, 0.25) is 0 Å². The number of nitrogens with zero attached hydrogens (tertiary/aromatic N) is 2. The predicted molar refractivity (Wildman–Crippen MR) is 74.3 cm³/mol. The molecular formula is C14H17ClN2O. The van der Waals surface area contributed by atoms with Crippen molar-refractivity contribution in [1.82, 2.24) is 4.98 Å². The minimum Gasteiger partial charge on any atom is -0.464 e. The zero-order valence-electron chi connectivity index (χ0n) is 10.3. The van der Waals surface area contributed by atoms with Crippen molar-refractivity contribution in [2.75, 3.05) is 17.3 Å². The molecule has 3 nitrogen and oxygen atoms in total. The number of rotatable bonds is 4. The Morgan fingerprint density at radius 1 is 1.44 bits per heavy atom. The second kappa shape index (κ2) is 5.19. The lowest BCUT2D eigenvalue weighted by molar-refractivity contribution is 0.598. The predicted octanol–water partition coefficient (Wildman–Crippen LogP) is 3.82. The van der Waals surface area contributed by atoms with Crippen LogP contribution in [0, 0.1) is 0 Å². The van der Waals surface area contributed by atoms with Crippen LogP contribution in [-0.4, -0.2) is 23.5 Å². The van der Waals surface area contributed by atoms with Gasteiger partial charge in [0, 0.05) is 24.7 Å². The van der Waals surface area contributed by atoms with E-state index in [1.807, 2.05) is 18.3 Å². The zero-order valence-corrected chi connectivity index (χ0v) is 11.1. The van der Waals surface area contributed by atoms with Crippen molar-refractivity contribution in [3.63, 3.8) is 0 Å². The van der Waals surface area contributed by atoms with Gasteiger partial charge in [-0.15, -0.1) is 11.6 Å². The molecule has 3 heterocycles. The Morgan fingerprint density at radius 2 is 2.39 bits per heavy atom. The first-order valence-corrected chi connectivity index (χ1v) is 7.08. The Hall–Kier alpha value is -1.22. The summed E-state index contributed by atoms with van der Waals surface area (Å²) in [6, 6.07) is 4.51. The van der Waals surface area contributed by atoms with E-state index in [2.05, 4.69) is 9.88 Å². The van der Waals surface area contributed by atoms with Crippen LogP contribution < -0.4 is 4.90 Å². The van der Waals surface area contributed by atoms with Gasteiger partial charge in [-0.25, -0.2) is 4.98 Å². The monoisotopic (exact) mass is 264 g/mol. The van der Waals surface area contributed by atoms with Crippen molar-refractivity contribution in [3.05, 3.63) is 24.6 Å². The summed E-state index contributed by atoms with van der Waals surface area (Å²) in [7, 11) is 0. The molecule has 1 aliphatic rings. The van der Waals surface area contributed by atoms with E-state index in [-0.39, 0.29) is 0 Å². The lowest BCUT2D eigenvalue weighted by Gasteiger charge is -2.26. The fraction of sp³-hybridized carbons (Fsp3) is 0.500. The molecule has 1 fully saturated rings. The molecule has 0 bridgehead atoms. The molecule has 3 rings (SSSR count). The Bertz CT molecular complexity index is 525. The van der Waals surface area contributed by atoms with Crippen LogP contribution in [0.2, 0.25) is 0 Å². The van der Waals surface area contributed by atoms with Crippen molar-refractivity contribution in [2.24, 2.45) is 0 Å². The van der Waals surface area contributed by atoms with Crippen LogP contribution in [0.4, 0.5) is 5.82 Å². The van der Waals surface area contributed by atoms with E-state index in [1.165, 1.54) is 12.8 Å². The molecule has 96 valence electrons. The molecule has 18 heavy (non-hydrogen) atoms. The maximum Gasteiger partial charge on any atom is 0.139 e. The third-order valence-electron chi connectivity index (χ3n) is 3.68. The summed E-state index contributed by atoms with van der Waals surface area (Å²) < 4.78 is 5.45. The van der Waals surface area contributed by atoms with Gasteiger partial charge in [0.15, 0.2) is 0 Å². The fourth-order valence-corrected chi connectivity index (χ4v) is 2.99. The molecule has 1 atom stereocenters. The number of furan rings is 1. The van der Waals surface area contributed by atoms with Gasteiger partial charge in [0.05, 0.1) is 11.6 Å². The molecule has 1 aliphatic heterocycles. The van der Waals surface area contributed by atoms with E-state index in [0.29, 0.717) is 6.04 Å². The standard InChI is InChI=1S/C14H17ClN2O/c15-7-1-3-11-4-2-9-17(11)14-12-6-10-18-13(12)5-8-16-14/h5-6,8,10-11H,1-4,7,9H2. The maximum atomic E-state index is 5.80. The zero-order chi connectivity index (χ0) is 12.4. The quantitative estimate of drug-likeness (QED) is 0.787. The minimum absolute atomic E-state index is 0.580. The lowest BCUT2D eigenvalue weighted by Crippen LogP contribution is -2.30. The molecule has 4 heteroatoms. The molecule has 0 amide bonds. The number of fused-ring (bicyclic) bond motifs is 1. The van der Waals surface area contributed by atoms with Gasteiger partial charge in [-0.1, -0.05) is 0 Å². The molecule has 0 aromatic carbocycles. The third kappa shape index (κ3) is 2.07. The van der Waals surface area contributed by atoms with Crippen LogP contribution in [0.3, 0.4) is 0 Å². The Balaban J connectivity index is 1.90. The largest absolute Gasteiger partial charge is 0.464 e. The van der Waals surface area contributed by atoms with E-state index < -0.39 is 0 Å². The van der Waals surface area contributed by atoms with Crippen molar-refractivity contribution < 1.29 is 4.42 Å². The fourth-order valence-electron chi connectivity index (χ4n) is 2.84. The first-order chi connectivity index (χ1) is 8.90. The first kappa shape index (κ1) is 11.8. The summed E-state index contributed by atoms with van der Waals surface area (Å²) in [5.74, 6) is 1.81. The van der Waals surface area contributed by atoms with E-state index in [0.717, 1.165) is 42.1 Å². The first-order valence-electron chi connectivity index (χ1n) is 6.55. The topological polar surface area (TPSA) is 29.3 Å². The Labute approximate surface area is 112 Å². The summed E-state index contributed by atoms with van der Waals surface area (Å²) in [6.07, 6.45) is 8.27. The van der Waals surface area contributed by atoms with Gasteiger partial charge in [0.25, 0.3) is 0 Å². The Kier molecular flexibility index (Phi) is 3.41. The number of pyridine rings is 1. The molecule has 0 spiro atoms. The maximum absolute atomic E-state index is 5.80. The SMILES string of the molecule is ClCCCC1CCCN1c1nccc2occc12. The summed E-state index contributed by atoms with van der Waals surface area (Å²) >= 11 is 5.80. The molecule has 2 aromatic rings.